The van der Waals surface area contributed by atoms with Crippen molar-refractivity contribution in [1.29, 1.82) is 0 Å². The molecule has 4 rings (SSSR count). The minimum Gasteiger partial charge on any atom is -0.481 e. The Bertz CT molecular complexity index is 669. The number of carboxylic acid groups (broad SMARTS) is 1. The summed E-state index contributed by atoms with van der Waals surface area (Å²) in [6.45, 7) is 2.43. The zero-order valence-corrected chi connectivity index (χ0v) is 14.2. The van der Waals surface area contributed by atoms with E-state index >= 15 is 0 Å². The van der Waals surface area contributed by atoms with Gasteiger partial charge in [-0.25, -0.2) is 4.79 Å². The van der Waals surface area contributed by atoms with Gasteiger partial charge in [-0.2, -0.15) is 0 Å². The van der Waals surface area contributed by atoms with Crippen LogP contribution < -0.4 is 5.32 Å². The van der Waals surface area contributed by atoms with Gasteiger partial charge in [-0.05, 0) is 42.9 Å². The molecule has 6 nitrogen and oxygen atoms in total. The number of hydrogen-bond donors (Lipinski definition) is 2. The molecule has 3 aliphatic rings. The summed E-state index contributed by atoms with van der Waals surface area (Å²) in [6.07, 6.45) is 3.56. The van der Waals surface area contributed by atoms with Crippen LogP contribution in [0.4, 0.5) is 10.5 Å². The Hall–Kier alpha value is -2.08. The zero-order chi connectivity index (χ0) is 17.4. The third kappa shape index (κ3) is 2.88. The van der Waals surface area contributed by atoms with Crippen molar-refractivity contribution in [2.24, 2.45) is 11.3 Å². The first-order valence-corrected chi connectivity index (χ1v) is 9.05. The summed E-state index contributed by atoms with van der Waals surface area (Å²) < 4.78 is 5.41. The van der Waals surface area contributed by atoms with Crippen LogP contribution in [0.2, 0.25) is 0 Å². The number of urea groups is 1. The molecule has 3 atom stereocenters. The number of ether oxygens (including phenoxy) is 1. The van der Waals surface area contributed by atoms with Crippen molar-refractivity contribution in [3.8, 4) is 0 Å². The van der Waals surface area contributed by atoms with Crippen LogP contribution in [0.15, 0.2) is 24.3 Å². The highest BCUT2D eigenvalue weighted by atomic mass is 16.5. The minimum absolute atomic E-state index is 0.0838. The predicted octanol–water partition coefficient (Wildman–Crippen LogP) is 2.91. The average Bonchev–Trinajstić information content (AvgIpc) is 3.31. The fourth-order valence-corrected chi connectivity index (χ4v) is 4.63. The molecule has 2 saturated heterocycles. The molecule has 1 aliphatic carbocycles. The van der Waals surface area contributed by atoms with Crippen LogP contribution in [0.5, 0.6) is 0 Å². The quantitative estimate of drug-likeness (QED) is 0.884. The molecular weight excluding hydrogens is 320 g/mol. The number of carbonyl (C=O) groups is 2. The number of likely N-dealkylation sites (tertiary alicyclic amines) is 1. The summed E-state index contributed by atoms with van der Waals surface area (Å²) >= 11 is 0. The van der Waals surface area contributed by atoms with Crippen molar-refractivity contribution in [3.63, 3.8) is 0 Å². The fraction of sp³-hybridized carbons (Fsp3) is 0.579. The maximum absolute atomic E-state index is 12.6. The van der Waals surface area contributed by atoms with E-state index in [9.17, 15) is 14.7 Å². The van der Waals surface area contributed by atoms with E-state index < -0.39 is 11.4 Å². The molecule has 2 aliphatic heterocycles. The van der Waals surface area contributed by atoms with Crippen LogP contribution in [0.25, 0.3) is 0 Å². The van der Waals surface area contributed by atoms with Crippen LogP contribution >= 0.6 is 0 Å². The fourth-order valence-electron chi connectivity index (χ4n) is 4.63. The molecule has 3 fully saturated rings. The smallest absolute Gasteiger partial charge is 0.321 e. The number of aliphatic carboxylic acids is 1. The lowest BCUT2D eigenvalue weighted by atomic mass is 9.81. The molecule has 1 unspecified atom stereocenters. The Morgan fingerprint density at radius 2 is 2.04 bits per heavy atom. The summed E-state index contributed by atoms with van der Waals surface area (Å²) in [4.78, 5) is 25.9. The van der Waals surface area contributed by atoms with Gasteiger partial charge in [0.2, 0.25) is 0 Å². The molecule has 1 saturated carbocycles. The van der Waals surface area contributed by atoms with E-state index in [4.69, 9.17) is 4.74 Å². The molecule has 0 radical (unpaired) electrons. The molecule has 0 bridgehead atoms. The SMILES string of the molecule is O=C(Nc1ccc(C2CCOC2)cc1)N1C[C@@H]2CCC[C@@]2(C(=O)O)C1. The summed E-state index contributed by atoms with van der Waals surface area (Å²) in [5, 5.41) is 12.5. The Kier molecular flexibility index (Phi) is 4.15. The van der Waals surface area contributed by atoms with Crippen molar-refractivity contribution >= 4 is 17.7 Å². The van der Waals surface area contributed by atoms with Gasteiger partial charge in [-0.15, -0.1) is 0 Å². The molecule has 2 amide bonds. The van der Waals surface area contributed by atoms with Crippen LogP contribution in [-0.2, 0) is 9.53 Å². The number of carboxylic acids is 1. The second-order valence-corrected chi connectivity index (χ2v) is 7.54. The number of amides is 2. The summed E-state index contributed by atoms with van der Waals surface area (Å²) in [7, 11) is 0. The number of benzene rings is 1. The van der Waals surface area contributed by atoms with Crippen LogP contribution in [0.1, 0.15) is 37.2 Å². The van der Waals surface area contributed by atoms with E-state index in [0.29, 0.717) is 25.4 Å². The lowest BCUT2D eigenvalue weighted by Gasteiger charge is -2.23. The monoisotopic (exact) mass is 344 g/mol. The lowest BCUT2D eigenvalue weighted by molar-refractivity contribution is -0.149. The Morgan fingerprint density at radius 1 is 1.24 bits per heavy atom. The van der Waals surface area contributed by atoms with Crippen molar-refractivity contribution in [1.82, 2.24) is 4.90 Å². The maximum Gasteiger partial charge on any atom is 0.321 e. The van der Waals surface area contributed by atoms with Gasteiger partial charge >= 0.3 is 12.0 Å². The second kappa shape index (κ2) is 6.33. The highest BCUT2D eigenvalue weighted by Crippen LogP contribution is 2.48. The van der Waals surface area contributed by atoms with Crippen LogP contribution in [-0.4, -0.2) is 48.3 Å². The minimum atomic E-state index is -0.756. The molecule has 0 spiro atoms. The van der Waals surface area contributed by atoms with Gasteiger partial charge in [0.15, 0.2) is 0 Å². The molecular formula is C19H24N2O4. The van der Waals surface area contributed by atoms with E-state index in [-0.39, 0.29) is 11.9 Å². The number of nitrogens with zero attached hydrogens (tertiary/aromatic N) is 1. The summed E-state index contributed by atoms with van der Waals surface area (Å²) in [6, 6.07) is 7.69. The number of carbonyl (C=O) groups excluding carboxylic acids is 1. The maximum atomic E-state index is 12.6. The van der Waals surface area contributed by atoms with Gasteiger partial charge in [0, 0.05) is 31.3 Å². The average molecular weight is 344 g/mol. The van der Waals surface area contributed by atoms with Gasteiger partial charge in [-0.3, -0.25) is 4.79 Å². The number of nitrogens with one attached hydrogen (secondary N) is 1. The molecule has 2 N–H and O–H groups in total. The molecule has 134 valence electrons. The van der Waals surface area contributed by atoms with E-state index in [0.717, 1.165) is 38.2 Å². The van der Waals surface area contributed by atoms with Gasteiger partial charge in [0.25, 0.3) is 0 Å². The van der Waals surface area contributed by atoms with Gasteiger partial charge in [0.1, 0.15) is 0 Å². The summed E-state index contributed by atoms with van der Waals surface area (Å²) in [5.74, 6) is -0.230. The van der Waals surface area contributed by atoms with E-state index in [1.165, 1.54) is 5.56 Å². The van der Waals surface area contributed by atoms with E-state index in [2.05, 4.69) is 5.32 Å². The first kappa shape index (κ1) is 16.4. The number of fused-ring (bicyclic) bond motifs is 1. The zero-order valence-electron chi connectivity index (χ0n) is 14.2. The molecule has 25 heavy (non-hydrogen) atoms. The molecule has 2 heterocycles. The van der Waals surface area contributed by atoms with Crippen molar-refractivity contribution < 1.29 is 19.4 Å². The van der Waals surface area contributed by atoms with Gasteiger partial charge < -0.3 is 20.1 Å². The number of anilines is 1. The molecule has 1 aromatic carbocycles. The standard InChI is InChI=1S/C19H24N2O4/c22-17(23)19-8-1-2-15(19)10-21(12-19)18(24)20-16-5-3-13(4-6-16)14-7-9-25-11-14/h3-6,14-15H,1-2,7-12H2,(H,20,24)(H,22,23)/t14?,15-,19+/m0/s1. The summed E-state index contributed by atoms with van der Waals surface area (Å²) in [5.41, 5.74) is 1.24. The largest absolute Gasteiger partial charge is 0.481 e. The van der Waals surface area contributed by atoms with Crippen molar-refractivity contribution in [2.45, 2.75) is 31.6 Å². The van der Waals surface area contributed by atoms with Gasteiger partial charge in [0.05, 0.1) is 12.0 Å². The Morgan fingerprint density at radius 3 is 2.68 bits per heavy atom. The van der Waals surface area contributed by atoms with Crippen LogP contribution in [0.3, 0.4) is 0 Å². The number of rotatable bonds is 3. The first-order chi connectivity index (χ1) is 12.1. The highest BCUT2D eigenvalue weighted by molar-refractivity contribution is 5.90. The lowest BCUT2D eigenvalue weighted by Crippen LogP contribution is -2.38. The first-order valence-electron chi connectivity index (χ1n) is 9.05. The van der Waals surface area contributed by atoms with Crippen molar-refractivity contribution in [3.05, 3.63) is 29.8 Å². The molecule has 6 heteroatoms. The van der Waals surface area contributed by atoms with E-state index in [1.807, 2.05) is 24.3 Å². The second-order valence-electron chi connectivity index (χ2n) is 7.54. The van der Waals surface area contributed by atoms with Crippen molar-refractivity contribution in [2.75, 3.05) is 31.6 Å². The number of hydrogen-bond acceptors (Lipinski definition) is 3. The normalized spacial score (nSPS) is 31.1. The third-order valence-corrected chi connectivity index (χ3v) is 6.15. The highest BCUT2D eigenvalue weighted by Gasteiger charge is 2.55. The Labute approximate surface area is 147 Å². The predicted molar refractivity (Wildman–Crippen MR) is 92.6 cm³/mol. The third-order valence-electron chi connectivity index (χ3n) is 6.15. The van der Waals surface area contributed by atoms with Crippen LogP contribution in [0, 0.1) is 11.3 Å². The topological polar surface area (TPSA) is 78.9 Å². The Balaban J connectivity index is 1.40. The van der Waals surface area contributed by atoms with E-state index in [1.54, 1.807) is 4.90 Å². The molecule has 1 aromatic rings. The van der Waals surface area contributed by atoms with Gasteiger partial charge in [-0.1, -0.05) is 18.6 Å². The molecule has 0 aromatic heterocycles.